The Balaban J connectivity index is 1.37. The molecular weight excluding hydrogens is 478 g/mol. The second-order valence-corrected chi connectivity index (χ2v) is 10.6. The Bertz CT molecular complexity index is 1370. The summed E-state index contributed by atoms with van der Waals surface area (Å²) in [6.45, 7) is 2.70. The summed E-state index contributed by atoms with van der Waals surface area (Å²) in [5, 5.41) is 5.42. The van der Waals surface area contributed by atoms with Gasteiger partial charge in [-0.15, -0.1) is 22.7 Å². The maximum Gasteiger partial charge on any atom is 0.247 e. The lowest BCUT2D eigenvalue weighted by Crippen LogP contribution is -2.30. The van der Waals surface area contributed by atoms with E-state index in [2.05, 4.69) is 41.8 Å². The fraction of sp³-hybridized carbons (Fsp3) is 0.250. The molecule has 1 saturated heterocycles. The molecule has 0 spiro atoms. The second-order valence-electron chi connectivity index (χ2n) is 8.67. The number of nitrogens with zero attached hydrogens (tertiary/aromatic N) is 1. The van der Waals surface area contributed by atoms with Crippen LogP contribution in [0.25, 0.3) is 27.3 Å². The minimum absolute atomic E-state index is 0.00638. The Morgan fingerprint density at radius 3 is 2.91 bits per heavy atom. The third-order valence-corrected chi connectivity index (χ3v) is 8.12. The summed E-state index contributed by atoms with van der Waals surface area (Å²) >= 11 is 3.35. The van der Waals surface area contributed by atoms with Gasteiger partial charge in [0.05, 0.1) is 19.8 Å². The number of thiophene rings is 2. The molecule has 0 aliphatic carbocycles. The van der Waals surface area contributed by atoms with Crippen molar-refractivity contribution in [2.24, 2.45) is 0 Å². The van der Waals surface area contributed by atoms with Crippen molar-refractivity contribution >= 4 is 44.7 Å². The molecule has 2 aromatic carbocycles. The first-order valence-corrected chi connectivity index (χ1v) is 13.5. The quantitative estimate of drug-likeness (QED) is 0.303. The molecule has 4 heterocycles. The molecule has 4 aromatic rings. The normalized spacial score (nSPS) is 17.9. The maximum atomic E-state index is 13.0. The van der Waals surface area contributed by atoms with Crippen LogP contribution in [0.4, 0.5) is 0 Å². The highest BCUT2D eigenvalue weighted by atomic mass is 32.1. The Morgan fingerprint density at radius 2 is 2.06 bits per heavy atom. The topological polar surface area (TPSA) is 48.0 Å². The number of benzene rings is 2. The summed E-state index contributed by atoms with van der Waals surface area (Å²) in [7, 11) is 0. The van der Waals surface area contributed by atoms with Crippen LogP contribution in [0, 0.1) is 0 Å². The van der Waals surface area contributed by atoms with Gasteiger partial charge in [0.2, 0.25) is 5.91 Å². The predicted molar refractivity (Wildman–Crippen MR) is 141 cm³/mol. The average Bonchev–Trinajstić information content (AvgIpc) is 3.63. The zero-order valence-corrected chi connectivity index (χ0v) is 20.8. The molecule has 1 amide bonds. The molecule has 2 aromatic heterocycles. The standard InChI is InChI=1S/C28H25NO4S2/c30-27(8-7-22-4-3-13-34-22)29-10-12-32-28-20(16-29)14-19(15-25(28)33-21-9-11-31-17-21)24-18-35-26-6-2-1-5-23(24)26/h1-8,13-15,18,21H,9-12,16-17H2/b8-7+/t21-/m1/s1. The van der Waals surface area contributed by atoms with Gasteiger partial charge in [-0.1, -0.05) is 24.3 Å². The van der Waals surface area contributed by atoms with Crippen LogP contribution >= 0.6 is 22.7 Å². The van der Waals surface area contributed by atoms with E-state index in [9.17, 15) is 4.79 Å². The van der Waals surface area contributed by atoms with Crippen molar-refractivity contribution in [2.75, 3.05) is 26.4 Å². The molecule has 1 atom stereocenters. The molecule has 5 nitrogen and oxygen atoms in total. The molecule has 0 saturated carbocycles. The summed E-state index contributed by atoms with van der Waals surface area (Å²) < 4.78 is 19.4. The molecule has 35 heavy (non-hydrogen) atoms. The van der Waals surface area contributed by atoms with Gasteiger partial charge in [0.15, 0.2) is 11.5 Å². The predicted octanol–water partition coefficient (Wildman–Crippen LogP) is 6.23. The van der Waals surface area contributed by atoms with E-state index in [-0.39, 0.29) is 12.0 Å². The molecule has 2 aliphatic rings. The molecule has 1 fully saturated rings. The van der Waals surface area contributed by atoms with Crippen LogP contribution in [0.2, 0.25) is 0 Å². The van der Waals surface area contributed by atoms with E-state index in [1.54, 1.807) is 28.7 Å². The van der Waals surface area contributed by atoms with E-state index >= 15 is 0 Å². The first kappa shape index (κ1) is 22.3. The van der Waals surface area contributed by atoms with Crippen molar-refractivity contribution in [3.63, 3.8) is 0 Å². The molecule has 178 valence electrons. The molecule has 0 unspecified atom stereocenters. The first-order valence-electron chi connectivity index (χ1n) is 11.8. The van der Waals surface area contributed by atoms with Crippen molar-refractivity contribution in [1.29, 1.82) is 0 Å². The third-order valence-electron chi connectivity index (χ3n) is 6.32. The molecule has 0 bridgehead atoms. The number of ether oxygens (including phenoxy) is 3. The molecule has 0 radical (unpaired) electrons. The molecule has 0 N–H and O–H groups in total. The lowest BCUT2D eigenvalue weighted by Gasteiger charge is -2.20. The van der Waals surface area contributed by atoms with E-state index < -0.39 is 0 Å². The summed E-state index contributed by atoms with van der Waals surface area (Å²) in [5.74, 6) is 1.44. The minimum atomic E-state index is -0.0205. The van der Waals surface area contributed by atoms with Gasteiger partial charge in [0, 0.05) is 45.1 Å². The lowest BCUT2D eigenvalue weighted by atomic mass is 10.0. The van der Waals surface area contributed by atoms with Crippen LogP contribution in [0.15, 0.2) is 65.4 Å². The third kappa shape index (κ3) is 4.72. The number of amides is 1. The Hall–Kier alpha value is -3.13. The lowest BCUT2D eigenvalue weighted by molar-refractivity contribution is -0.126. The van der Waals surface area contributed by atoms with Crippen molar-refractivity contribution in [2.45, 2.75) is 19.1 Å². The highest BCUT2D eigenvalue weighted by molar-refractivity contribution is 7.17. The van der Waals surface area contributed by atoms with E-state index in [1.165, 1.54) is 15.6 Å². The summed E-state index contributed by atoms with van der Waals surface area (Å²) in [6, 6.07) is 16.6. The van der Waals surface area contributed by atoms with Crippen molar-refractivity contribution < 1.29 is 19.0 Å². The zero-order valence-electron chi connectivity index (χ0n) is 19.1. The summed E-state index contributed by atoms with van der Waals surface area (Å²) in [5.41, 5.74) is 3.20. The number of hydrogen-bond donors (Lipinski definition) is 0. The van der Waals surface area contributed by atoms with E-state index in [4.69, 9.17) is 14.2 Å². The first-order chi connectivity index (χ1) is 17.2. The number of fused-ring (bicyclic) bond motifs is 2. The van der Waals surface area contributed by atoms with Crippen LogP contribution in [0.5, 0.6) is 11.5 Å². The average molecular weight is 504 g/mol. The van der Waals surface area contributed by atoms with Gasteiger partial charge in [0.25, 0.3) is 0 Å². The summed E-state index contributed by atoms with van der Waals surface area (Å²) in [4.78, 5) is 16.0. The van der Waals surface area contributed by atoms with Crippen LogP contribution in [-0.4, -0.2) is 43.3 Å². The van der Waals surface area contributed by atoms with Crippen LogP contribution < -0.4 is 9.47 Å². The zero-order chi connectivity index (χ0) is 23.6. The Morgan fingerprint density at radius 1 is 1.11 bits per heavy atom. The monoisotopic (exact) mass is 503 g/mol. The SMILES string of the molecule is O=C(/C=C/c1cccs1)N1CCOc2c(cc(-c3csc4ccccc34)cc2O[C@@H]2CCOC2)C1. The highest BCUT2D eigenvalue weighted by Gasteiger charge is 2.26. The number of hydrogen-bond acceptors (Lipinski definition) is 6. The Kier molecular flexibility index (Phi) is 6.29. The maximum absolute atomic E-state index is 13.0. The number of rotatable bonds is 5. The molecule has 2 aliphatic heterocycles. The van der Waals surface area contributed by atoms with Crippen molar-refractivity contribution in [3.05, 3.63) is 75.8 Å². The molecule has 7 heteroatoms. The number of carbonyl (C=O) groups excluding carboxylic acids is 1. The molecular formula is C28H25NO4S2. The van der Waals surface area contributed by atoms with Gasteiger partial charge in [-0.25, -0.2) is 0 Å². The summed E-state index contributed by atoms with van der Waals surface area (Å²) in [6.07, 6.45) is 4.40. The van der Waals surface area contributed by atoms with Crippen molar-refractivity contribution in [3.8, 4) is 22.6 Å². The van der Waals surface area contributed by atoms with Crippen LogP contribution in [0.1, 0.15) is 16.9 Å². The Labute approximate surface area is 212 Å². The van der Waals surface area contributed by atoms with E-state index in [0.29, 0.717) is 32.9 Å². The number of carbonyl (C=O) groups is 1. The van der Waals surface area contributed by atoms with Gasteiger partial charge in [-0.05, 0) is 46.7 Å². The smallest absolute Gasteiger partial charge is 0.247 e. The highest BCUT2D eigenvalue weighted by Crippen LogP contribution is 2.42. The van der Waals surface area contributed by atoms with Crippen LogP contribution in [-0.2, 0) is 16.1 Å². The fourth-order valence-electron chi connectivity index (χ4n) is 4.55. The van der Waals surface area contributed by atoms with E-state index in [1.807, 2.05) is 28.5 Å². The van der Waals surface area contributed by atoms with Gasteiger partial charge in [0.1, 0.15) is 12.7 Å². The van der Waals surface area contributed by atoms with Gasteiger partial charge < -0.3 is 19.1 Å². The van der Waals surface area contributed by atoms with Gasteiger partial charge in [-0.3, -0.25) is 4.79 Å². The second kappa shape index (κ2) is 9.85. The van der Waals surface area contributed by atoms with Crippen molar-refractivity contribution in [1.82, 2.24) is 4.90 Å². The van der Waals surface area contributed by atoms with Gasteiger partial charge >= 0.3 is 0 Å². The molecule has 6 rings (SSSR count). The van der Waals surface area contributed by atoms with Crippen LogP contribution in [0.3, 0.4) is 0 Å². The van der Waals surface area contributed by atoms with Gasteiger partial charge in [-0.2, -0.15) is 0 Å². The fourth-order valence-corrected chi connectivity index (χ4v) is 6.13. The minimum Gasteiger partial charge on any atom is -0.487 e. The largest absolute Gasteiger partial charge is 0.487 e. The van der Waals surface area contributed by atoms with E-state index in [0.717, 1.165) is 33.9 Å².